The molecule has 0 radical (unpaired) electrons. The zero-order chi connectivity index (χ0) is 18.2. The van der Waals surface area contributed by atoms with Gasteiger partial charge in [-0.15, -0.1) is 11.3 Å². The van der Waals surface area contributed by atoms with Gasteiger partial charge in [0.05, 0.1) is 12.3 Å². The Morgan fingerprint density at radius 2 is 1.96 bits per heavy atom. The molecular weight excluding hydrogens is 344 g/mol. The summed E-state index contributed by atoms with van der Waals surface area (Å²) in [5, 5.41) is 5.39. The van der Waals surface area contributed by atoms with E-state index in [0.717, 1.165) is 36.3 Å². The highest BCUT2D eigenvalue weighted by molar-refractivity contribution is 7.14. The van der Waals surface area contributed by atoms with E-state index < -0.39 is 0 Å². The molecule has 134 valence electrons. The van der Waals surface area contributed by atoms with Crippen LogP contribution in [0.5, 0.6) is 5.75 Å². The summed E-state index contributed by atoms with van der Waals surface area (Å²) in [4.78, 5) is 17.0. The van der Waals surface area contributed by atoms with Crippen molar-refractivity contribution in [2.45, 2.75) is 26.2 Å². The molecule has 0 saturated carbocycles. The molecule has 1 aromatic heterocycles. The van der Waals surface area contributed by atoms with Crippen LogP contribution in [0.1, 0.15) is 36.5 Å². The monoisotopic (exact) mass is 366 g/mol. The number of nitrogens with zero attached hydrogens (tertiary/aromatic N) is 1. The van der Waals surface area contributed by atoms with E-state index >= 15 is 0 Å². The fourth-order valence-corrected chi connectivity index (χ4v) is 3.23. The van der Waals surface area contributed by atoms with Crippen molar-refractivity contribution in [3.63, 3.8) is 0 Å². The van der Waals surface area contributed by atoms with Crippen LogP contribution in [0.15, 0.2) is 60.0 Å². The number of rotatable bonds is 8. The number of nitrogens with one attached hydrogen (secondary N) is 1. The van der Waals surface area contributed by atoms with Gasteiger partial charge < -0.3 is 4.74 Å². The molecule has 26 heavy (non-hydrogen) atoms. The number of ether oxygens (including phenoxy) is 1. The zero-order valence-corrected chi connectivity index (χ0v) is 15.6. The molecule has 4 nitrogen and oxygen atoms in total. The van der Waals surface area contributed by atoms with Crippen LogP contribution in [0, 0.1) is 0 Å². The fraction of sp³-hybridized carbons (Fsp3) is 0.238. The van der Waals surface area contributed by atoms with E-state index in [1.807, 2.05) is 47.8 Å². The molecule has 0 aliphatic carbocycles. The minimum absolute atomic E-state index is 0.182. The Bertz CT molecular complexity index is 846. The van der Waals surface area contributed by atoms with Crippen molar-refractivity contribution in [1.82, 2.24) is 4.98 Å². The summed E-state index contributed by atoms with van der Waals surface area (Å²) in [5.74, 6) is 0.538. The third kappa shape index (κ3) is 4.92. The van der Waals surface area contributed by atoms with E-state index in [2.05, 4.69) is 17.2 Å². The summed E-state index contributed by atoms with van der Waals surface area (Å²) in [5.41, 5.74) is 2.46. The summed E-state index contributed by atoms with van der Waals surface area (Å²) >= 11 is 1.42. The molecule has 1 heterocycles. The van der Waals surface area contributed by atoms with Crippen LogP contribution in [0.4, 0.5) is 5.13 Å². The number of aromatic nitrogens is 1. The van der Waals surface area contributed by atoms with Gasteiger partial charge in [-0.1, -0.05) is 56.2 Å². The average molecular weight is 366 g/mol. The fourth-order valence-electron chi connectivity index (χ4n) is 2.51. The Morgan fingerprint density at radius 3 is 2.77 bits per heavy atom. The third-order valence-corrected chi connectivity index (χ3v) is 4.66. The second-order valence-electron chi connectivity index (χ2n) is 5.94. The van der Waals surface area contributed by atoms with Crippen molar-refractivity contribution < 1.29 is 9.53 Å². The van der Waals surface area contributed by atoms with Gasteiger partial charge >= 0.3 is 0 Å². The Kier molecular flexibility index (Phi) is 6.39. The number of hydrogen-bond donors (Lipinski definition) is 1. The molecule has 1 N–H and O–H groups in total. The van der Waals surface area contributed by atoms with Crippen LogP contribution in [0.3, 0.4) is 0 Å². The van der Waals surface area contributed by atoms with Crippen molar-refractivity contribution in [1.29, 1.82) is 0 Å². The van der Waals surface area contributed by atoms with Gasteiger partial charge in [-0.3, -0.25) is 10.1 Å². The first-order valence-corrected chi connectivity index (χ1v) is 9.69. The second-order valence-corrected chi connectivity index (χ2v) is 6.80. The van der Waals surface area contributed by atoms with Gasteiger partial charge in [-0.25, -0.2) is 4.98 Å². The number of carbonyl (C=O) groups is 1. The molecule has 0 spiro atoms. The maximum absolute atomic E-state index is 12.5. The van der Waals surface area contributed by atoms with Gasteiger partial charge in [-0.05, 0) is 24.6 Å². The molecule has 0 aliphatic heterocycles. The number of anilines is 1. The summed E-state index contributed by atoms with van der Waals surface area (Å²) < 4.78 is 5.72. The average Bonchev–Trinajstić information content (AvgIpc) is 3.15. The lowest BCUT2D eigenvalue weighted by molar-refractivity contribution is 0.102. The molecule has 0 saturated heterocycles. The number of carbonyl (C=O) groups excluding carboxylic acids is 1. The van der Waals surface area contributed by atoms with Gasteiger partial charge in [0.2, 0.25) is 0 Å². The predicted molar refractivity (Wildman–Crippen MR) is 107 cm³/mol. The number of benzene rings is 2. The van der Waals surface area contributed by atoms with E-state index in [-0.39, 0.29) is 5.91 Å². The first-order chi connectivity index (χ1) is 12.8. The molecule has 0 fully saturated rings. The number of thiazole rings is 1. The minimum atomic E-state index is -0.182. The largest absolute Gasteiger partial charge is 0.494 e. The number of amides is 1. The highest BCUT2D eigenvalue weighted by atomic mass is 32.1. The lowest BCUT2D eigenvalue weighted by Crippen LogP contribution is -2.11. The van der Waals surface area contributed by atoms with E-state index in [1.54, 1.807) is 12.1 Å². The van der Waals surface area contributed by atoms with Gasteiger partial charge in [0, 0.05) is 16.5 Å². The van der Waals surface area contributed by atoms with Crippen LogP contribution in [-0.2, 0) is 0 Å². The molecule has 3 aromatic rings. The predicted octanol–water partition coefficient (Wildman–Crippen LogP) is 5.63. The smallest absolute Gasteiger partial charge is 0.257 e. The highest BCUT2D eigenvalue weighted by Crippen LogP contribution is 2.25. The van der Waals surface area contributed by atoms with Crippen molar-refractivity contribution in [2.24, 2.45) is 0 Å². The summed E-state index contributed by atoms with van der Waals surface area (Å²) in [6, 6.07) is 17.2. The molecule has 0 bridgehead atoms. The van der Waals surface area contributed by atoms with E-state index in [4.69, 9.17) is 4.74 Å². The molecule has 5 heteroatoms. The normalized spacial score (nSPS) is 10.5. The van der Waals surface area contributed by atoms with Crippen molar-refractivity contribution >= 4 is 22.4 Å². The van der Waals surface area contributed by atoms with Gasteiger partial charge in [0.1, 0.15) is 5.75 Å². The molecule has 0 atom stereocenters. The summed E-state index contributed by atoms with van der Waals surface area (Å²) in [6.45, 7) is 2.83. The Labute approximate surface area is 157 Å². The molecule has 0 aliphatic rings. The number of unbranched alkanes of at least 4 members (excludes halogenated alkanes) is 2. The first-order valence-electron chi connectivity index (χ1n) is 8.81. The van der Waals surface area contributed by atoms with E-state index in [1.165, 1.54) is 11.3 Å². The van der Waals surface area contributed by atoms with E-state index in [9.17, 15) is 4.79 Å². The zero-order valence-electron chi connectivity index (χ0n) is 14.8. The lowest BCUT2D eigenvalue weighted by Gasteiger charge is -2.07. The minimum Gasteiger partial charge on any atom is -0.494 e. The topological polar surface area (TPSA) is 51.2 Å². The van der Waals surface area contributed by atoms with Crippen molar-refractivity contribution in [3.8, 4) is 17.0 Å². The van der Waals surface area contributed by atoms with Crippen LogP contribution in [0.25, 0.3) is 11.3 Å². The Balaban J connectivity index is 1.62. The summed E-state index contributed by atoms with van der Waals surface area (Å²) in [6.07, 6.45) is 3.33. The molecule has 3 rings (SSSR count). The molecule has 2 aromatic carbocycles. The van der Waals surface area contributed by atoms with Gasteiger partial charge in [-0.2, -0.15) is 0 Å². The van der Waals surface area contributed by atoms with Crippen LogP contribution in [0.2, 0.25) is 0 Å². The van der Waals surface area contributed by atoms with Crippen molar-refractivity contribution in [3.05, 3.63) is 65.5 Å². The molecule has 0 unspecified atom stereocenters. The summed E-state index contributed by atoms with van der Waals surface area (Å²) in [7, 11) is 0. The Morgan fingerprint density at radius 1 is 1.12 bits per heavy atom. The number of hydrogen-bond acceptors (Lipinski definition) is 4. The maximum Gasteiger partial charge on any atom is 0.257 e. The quantitative estimate of drug-likeness (QED) is 0.526. The lowest BCUT2D eigenvalue weighted by atomic mass is 10.2. The SMILES string of the molecule is CCCCCOc1cccc(C(=O)Nc2nc(-c3ccccc3)cs2)c1. The first kappa shape index (κ1) is 18.1. The van der Waals surface area contributed by atoms with Gasteiger partial charge in [0.15, 0.2) is 5.13 Å². The molecule has 1 amide bonds. The van der Waals surface area contributed by atoms with E-state index in [0.29, 0.717) is 17.3 Å². The highest BCUT2D eigenvalue weighted by Gasteiger charge is 2.11. The maximum atomic E-state index is 12.5. The van der Waals surface area contributed by atoms with Crippen molar-refractivity contribution in [2.75, 3.05) is 11.9 Å². The third-order valence-electron chi connectivity index (χ3n) is 3.91. The standard InChI is InChI=1S/C21H22N2O2S/c1-2-3-7-13-25-18-12-8-11-17(14-18)20(24)23-21-22-19(15-26-21)16-9-5-4-6-10-16/h4-6,8-12,14-15H,2-3,7,13H2,1H3,(H,22,23,24). The Hall–Kier alpha value is -2.66. The second kappa shape index (κ2) is 9.15. The molecular formula is C21H22N2O2S. The van der Waals surface area contributed by atoms with Crippen LogP contribution >= 0.6 is 11.3 Å². The van der Waals surface area contributed by atoms with Gasteiger partial charge in [0.25, 0.3) is 5.91 Å². The van der Waals surface area contributed by atoms with Crippen LogP contribution < -0.4 is 10.1 Å². The van der Waals surface area contributed by atoms with Crippen LogP contribution in [-0.4, -0.2) is 17.5 Å².